The Bertz CT molecular complexity index is 939. The smallest absolute Gasteiger partial charge is 0.404 e. The number of ether oxygens (including phenoxy) is 1. The largest absolute Gasteiger partial charge is 0.481 e. The summed E-state index contributed by atoms with van der Waals surface area (Å²) in [6.45, 7) is 8.78. The Kier molecular flexibility index (Phi) is 6.93. The van der Waals surface area contributed by atoms with Crippen LogP contribution in [0.1, 0.15) is 45.1 Å². The van der Waals surface area contributed by atoms with Crippen LogP contribution in [0.2, 0.25) is 5.02 Å². The number of hydrogen-bond acceptors (Lipinski definition) is 5. The minimum Gasteiger partial charge on any atom is -0.481 e. The maximum atomic E-state index is 11.1. The Morgan fingerprint density at radius 1 is 1.35 bits per heavy atom. The molecule has 0 saturated carbocycles. The van der Waals surface area contributed by atoms with E-state index in [-0.39, 0.29) is 24.1 Å². The highest BCUT2D eigenvalue weighted by molar-refractivity contribution is 6.32. The number of likely N-dealkylation sites (tertiary alicyclic amines) is 1. The van der Waals surface area contributed by atoms with Gasteiger partial charge in [-0.25, -0.2) is 9.78 Å². The second-order valence-corrected chi connectivity index (χ2v) is 9.70. The molecule has 1 saturated heterocycles. The van der Waals surface area contributed by atoms with E-state index in [1.807, 2.05) is 6.07 Å². The number of quaternary nitrogens is 1. The van der Waals surface area contributed by atoms with Gasteiger partial charge in [0.05, 0.1) is 60.9 Å². The number of halogens is 1. The van der Waals surface area contributed by atoms with E-state index in [2.05, 4.69) is 36.1 Å². The number of aromatic nitrogens is 2. The van der Waals surface area contributed by atoms with Crippen molar-refractivity contribution in [3.63, 3.8) is 0 Å². The van der Waals surface area contributed by atoms with Gasteiger partial charge < -0.3 is 24.7 Å². The van der Waals surface area contributed by atoms with Crippen LogP contribution < -0.4 is 10.1 Å². The number of nitrogens with one attached hydrogen (secondary N) is 1. The van der Waals surface area contributed by atoms with Gasteiger partial charge in [0.2, 0.25) is 5.88 Å². The predicted octanol–water partition coefficient (Wildman–Crippen LogP) is 3.41. The maximum Gasteiger partial charge on any atom is 0.404 e. The lowest BCUT2D eigenvalue weighted by molar-refractivity contribution is -0.976. The lowest BCUT2D eigenvalue weighted by atomic mass is 9.88. The van der Waals surface area contributed by atoms with Crippen molar-refractivity contribution < 1.29 is 24.2 Å². The molecule has 170 valence electrons. The topological polar surface area (TPSA) is 105 Å². The van der Waals surface area contributed by atoms with Crippen LogP contribution in [-0.4, -0.2) is 75.7 Å². The van der Waals surface area contributed by atoms with Gasteiger partial charge in [-0.2, -0.15) is 0 Å². The van der Waals surface area contributed by atoms with E-state index < -0.39 is 6.09 Å². The van der Waals surface area contributed by atoms with E-state index in [0.717, 1.165) is 36.0 Å². The lowest BCUT2D eigenvalue weighted by Gasteiger charge is -2.53. The number of nitrogens with zero attached hydrogens (tertiary/aromatic N) is 3. The Labute approximate surface area is 187 Å². The van der Waals surface area contributed by atoms with Crippen LogP contribution in [0.5, 0.6) is 5.88 Å². The third-order valence-corrected chi connectivity index (χ3v) is 6.95. The molecule has 3 heterocycles. The Morgan fingerprint density at radius 2 is 2.03 bits per heavy atom. The molecular formula is C22H32ClN4O4+. The van der Waals surface area contributed by atoms with Crippen LogP contribution in [0.15, 0.2) is 18.3 Å². The first-order chi connectivity index (χ1) is 14.6. The van der Waals surface area contributed by atoms with Crippen molar-refractivity contribution in [1.29, 1.82) is 0 Å². The molecule has 8 nitrogen and oxygen atoms in total. The molecule has 0 aromatic carbocycles. The van der Waals surface area contributed by atoms with Crippen molar-refractivity contribution in [1.82, 2.24) is 15.3 Å². The number of aliphatic hydroxyl groups is 1. The molecule has 1 unspecified atom stereocenters. The number of amides is 1. The zero-order valence-corrected chi connectivity index (χ0v) is 19.3. The number of aliphatic hydroxyl groups excluding tert-OH is 1. The molecule has 2 aromatic heterocycles. The predicted molar refractivity (Wildman–Crippen MR) is 120 cm³/mol. The first-order valence-corrected chi connectivity index (χ1v) is 10.9. The van der Waals surface area contributed by atoms with E-state index in [1.54, 1.807) is 19.4 Å². The van der Waals surface area contributed by atoms with Crippen molar-refractivity contribution in [3.8, 4) is 5.88 Å². The molecule has 1 fully saturated rings. The average molecular weight is 452 g/mol. The second kappa shape index (κ2) is 9.14. The molecule has 0 bridgehead atoms. The van der Waals surface area contributed by atoms with Gasteiger partial charge in [-0.3, -0.25) is 4.98 Å². The fourth-order valence-electron chi connectivity index (χ4n) is 4.72. The summed E-state index contributed by atoms with van der Waals surface area (Å²) in [5.41, 5.74) is 2.02. The maximum absolute atomic E-state index is 11.1. The zero-order chi connectivity index (χ0) is 22.8. The van der Waals surface area contributed by atoms with Crippen molar-refractivity contribution >= 4 is 28.7 Å². The highest BCUT2D eigenvalue weighted by atomic mass is 35.5. The standard InChI is InChI=1S/C22H31ClN4O4/c1-22(2,3)27(9-7-15(8-10-27)25-21(29)30)12-14(13-28)19-16(23)11-24-17-5-6-18(31-4)26-20(17)19/h5-6,11,14-15,25,28H,7-10,12-13H2,1-4H3/p+1. The van der Waals surface area contributed by atoms with Gasteiger partial charge in [0, 0.05) is 36.7 Å². The van der Waals surface area contributed by atoms with E-state index in [1.165, 1.54) is 0 Å². The van der Waals surface area contributed by atoms with Gasteiger partial charge in [-0.15, -0.1) is 0 Å². The minimum atomic E-state index is -0.982. The first kappa shape index (κ1) is 23.5. The number of carbonyl (C=O) groups is 1. The van der Waals surface area contributed by atoms with Crippen LogP contribution >= 0.6 is 11.6 Å². The minimum absolute atomic E-state index is 0.0463. The van der Waals surface area contributed by atoms with E-state index >= 15 is 0 Å². The molecule has 1 aliphatic heterocycles. The molecule has 0 spiro atoms. The molecule has 3 N–H and O–H groups in total. The Balaban J connectivity index is 1.98. The number of carboxylic acid groups (broad SMARTS) is 1. The van der Waals surface area contributed by atoms with Crippen molar-refractivity contribution in [3.05, 3.63) is 28.9 Å². The first-order valence-electron chi connectivity index (χ1n) is 10.6. The molecule has 0 radical (unpaired) electrons. The van der Waals surface area contributed by atoms with E-state index in [0.29, 0.717) is 28.5 Å². The molecule has 1 atom stereocenters. The van der Waals surface area contributed by atoms with Crippen molar-refractivity contribution in [2.24, 2.45) is 0 Å². The van der Waals surface area contributed by atoms with Crippen LogP contribution in [0.3, 0.4) is 0 Å². The van der Waals surface area contributed by atoms with Crippen molar-refractivity contribution in [2.75, 3.05) is 33.4 Å². The highest BCUT2D eigenvalue weighted by Gasteiger charge is 2.45. The summed E-state index contributed by atoms with van der Waals surface area (Å²) in [5.74, 6) is 0.218. The van der Waals surface area contributed by atoms with Crippen molar-refractivity contribution in [2.45, 2.75) is 51.1 Å². The van der Waals surface area contributed by atoms with Gasteiger partial charge >= 0.3 is 6.09 Å². The van der Waals surface area contributed by atoms with Crippen LogP contribution in [0.25, 0.3) is 11.0 Å². The molecule has 3 rings (SSSR count). The second-order valence-electron chi connectivity index (χ2n) is 9.29. The van der Waals surface area contributed by atoms with E-state index in [9.17, 15) is 9.90 Å². The number of rotatable bonds is 6. The molecule has 1 aliphatic rings. The molecule has 0 aliphatic carbocycles. The van der Waals surface area contributed by atoms with Gasteiger partial charge in [-0.05, 0) is 26.8 Å². The molecule has 1 amide bonds. The monoisotopic (exact) mass is 451 g/mol. The summed E-state index contributed by atoms with van der Waals surface area (Å²) >= 11 is 6.59. The third-order valence-electron chi connectivity index (χ3n) is 6.65. The van der Waals surface area contributed by atoms with Gasteiger partial charge in [0.1, 0.15) is 0 Å². The molecule has 9 heteroatoms. The fourth-order valence-corrected chi connectivity index (χ4v) is 5.01. The van der Waals surface area contributed by atoms with Crippen LogP contribution in [-0.2, 0) is 0 Å². The number of pyridine rings is 2. The zero-order valence-electron chi connectivity index (χ0n) is 18.6. The Morgan fingerprint density at radius 3 is 2.58 bits per heavy atom. The highest BCUT2D eigenvalue weighted by Crippen LogP contribution is 2.38. The molecular weight excluding hydrogens is 420 g/mol. The summed E-state index contributed by atoms with van der Waals surface area (Å²) in [5, 5.41) is 22.6. The number of methoxy groups -OCH3 is 1. The van der Waals surface area contributed by atoms with Gasteiger partial charge in [0.15, 0.2) is 0 Å². The quantitative estimate of drug-likeness (QED) is 0.581. The van der Waals surface area contributed by atoms with Gasteiger partial charge in [0.25, 0.3) is 0 Å². The fraction of sp³-hybridized carbons (Fsp3) is 0.591. The van der Waals surface area contributed by atoms with E-state index in [4.69, 9.17) is 21.4 Å². The van der Waals surface area contributed by atoms with Crippen LogP contribution in [0, 0.1) is 0 Å². The van der Waals surface area contributed by atoms with Crippen LogP contribution in [0.4, 0.5) is 4.79 Å². The average Bonchev–Trinajstić information content (AvgIpc) is 2.72. The summed E-state index contributed by atoms with van der Waals surface area (Å²) in [6, 6.07) is 3.55. The third kappa shape index (κ3) is 4.86. The SMILES string of the molecule is COc1ccc2ncc(Cl)c(C(CO)C[N+]3(C(C)(C)C)CCC(NC(=O)O)CC3)c2n1. The van der Waals surface area contributed by atoms with Gasteiger partial charge in [-0.1, -0.05) is 11.6 Å². The molecule has 2 aromatic rings. The number of hydrogen-bond donors (Lipinski definition) is 3. The lowest BCUT2D eigenvalue weighted by Crippen LogP contribution is -2.66. The normalized spacial score (nSPS) is 22.8. The number of piperidine rings is 1. The molecule has 31 heavy (non-hydrogen) atoms. The summed E-state index contributed by atoms with van der Waals surface area (Å²) in [6.07, 6.45) is 2.13. The number of fused-ring (bicyclic) bond motifs is 1. The summed E-state index contributed by atoms with van der Waals surface area (Å²) < 4.78 is 6.04. The Hall–Kier alpha value is -2.16. The summed E-state index contributed by atoms with van der Waals surface area (Å²) in [4.78, 5) is 20.0. The summed E-state index contributed by atoms with van der Waals surface area (Å²) in [7, 11) is 1.56.